The SMILES string of the molecule is C=Cc1cnc(Cl)c(Cl)c1.CC(O)c1cnc(Cl)c(Cl)c1.Cc1ccc(S(=O)(=O)O)cc1. The summed E-state index contributed by atoms with van der Waals surface area (Å²) < 4.78 is 29.6. The van der Waals surface area contributed by atoms with Crippen molar-refractivity contribution in [3.05, 3.63) is 92.4 Å². The Morgan fingerprint density at radius 3 is 1.88 bits per heavy atom. The van der Waals surface area contributed by atoms with Crippen LogP contribution in [0.15, 0.2) is 60.3 Å². The molecule has 3 aromatic rings. The van der Waals surface area contributed by atoms with E-state index >= 15 is 0 Å². The molecule has 0 radical (unpaired) electrons. The second kappa shape index (κ2) is 13.1. The summed E-state index contributed by atoms with van der Waals surface area (Å²) in [6.45, 7) is 7.04. The van der Waals surface area contributed by atoms with Gasteiger partial charge >= 0.3 is 0 Å². The van der Waals surface area contributed by atoms with Crippen molar-refractivity contribution in [3.8, 4) is 0 Å². The Hall–Kier alpha value is -1.71. The number of aliphatic hydroxyl groups is 1. The molecule has 0 aliphatic carbocycles. The molecule has 0 aliphatic heterocycles. The first kappa shape index (κ1) is 28.3. The number of aryl methyl sites for hydroxylation is 1. The van der Waals surface area contributed by atoms with E-state index in [1.165, 1.54) is 18.3 Å². The van der Waals surface area contributed by atoms with Crippen LogP contribution in [0.4, 0.5) is 0 Å². The molecule has 1 unspecified atom stereocenters. The highest BCUT2D eigenvalue weighted by molar-refractivity contribution is 7.85. The van der Waals surface area contributed by atoms with E-state index < -0.39 is 16.2 Å². The number of pyridine rings is 2. The molecule has 32 heavy (non-hydrogen) atoms. The summed E-state index contributed by atoms with van der Waals surface area (Å²) >= 11 is 22.4. The molecule has 6 nitrogen and oxygen atoms in total. The lowest BCUT2D eigenvalue weighted by atomic mass is 10.2. The van der Waals surface area contributed by atoms with Gasteiger partial charge in [-0.2, -0.15) is 8.42 Å². The maximum atomic E-state index is 10.5. The number of hydrogen-bond donors (Lipinski definition) is 2. The Kier molecular flexibility index (Phi) is 11.6. The van der Waals surface area contributed by atoms with Gasteiger partial charge in [0.05, 0.1) is 21.0 Å². The molecule has 172 valence electrons. The molecule has 3 rings (SSSR count). The summed E-state index contributed by atoms with van der Waals surface area (Å²) in [7, 11) is -4.02. The smallest absolute Gasteiger partial charge is 0.294 e. The third-order valence-electron chi connectivity index (χ3n) is 3.67. The van der Waals surface area contributed by atoms with E-state index in [-0.39, 0.29) is 10.0 Å². The number of aromatic nitrogens is 2. The Balaban J connectivity index is 0.000000240. The standard InChI is InChI=1S/C7H7Cl2NO.C7H5Cl2N.C7H8O3S/c1-4(11)5-2-6(8)7(9)10-3-5;1-2-5-3-6(8)7(9)10-4-5;1-6-2-4-7(5-3-6)11(8,9)10/h2-4,11H,1H3;2-4H,1H2;2-5H,1H3,(H,8,9,10). The molecule has 0 amide bonds. The summed E-state index contributed by atoms with van der Waals surface area (Å²) in [4.78, 5) is 7.52. The highest BCUT2D eigenvalue weighted by Gasteiger charge is 2.07. The predicted octanol–water partition coefficient (Wildman–Crippen LogP) is 6.71. The minimum atomic E-state index is -4.02. The largest absolute Gasteiger partial charge is 0.389 e. The van der Waals surface area contributed by atoms with Crippen molar-refractivity contribution in [3.63, 3.8) is 0 Å². The summed E-state index contributed by atoms with van der Waals surface area (Å²) in [6.07, 6.45) is 4.22. The lowest BCUT2D eigenvalue weighted by Gasteiger charge is -2.03. The number of nitrogens with zero attached hydrogens (tertiary/aromatic N) is 2. The molecular formula is C21H20Cl4N2O4S. The van der Waals surface area contributed by atoms with E-state index in [4.69, 9.17) is 56.1 Å². The van der Waals surface area contributed by atoms with E-state index in [1.54, 1.807) is 43.5 Å². The fourth-order valence-corrected chi connectivity index (χ4v) is 2.96. The van der Waals surface area contributed by atoms with Crippen molar-refractivity contribution >= 4 is 62.6 Å². The van der Waals surface area contributed by atoms with Gasteiger partial charge in [0.25, 0.3) is 10.1 Å². The average Bonchev–Trinajstić information content (AvgIpc) is 2.72. The van der Waals surface area contributed by atoms with Gasteiger partial charge < -0.3 is 5.11 Å². The van der Waals surface area contributed by atoms with Gasteiger partial charge in [-0.1, -0.05) is 76.8 Å². The van der Waals surface area contributed by atoms with Crippen molar-refractivity contribution in [1.29, 1.82) is 0 Å². The van der Waals surface area contributed by atoms with Crippen LogP contribution in [0, 0.1) is 6.92 Å². The van der Waals surface area contributed by atoms with E-state index in [2.05, 4.69) is 16.5 Å². The molecule has 0 saturated carbocycles. The maximum Gasteiger partial charge on any atom is 0.294 e. The maximum absolute atomic E-state index is 10.5. The first-order valence-corrected chi connectivity index (χ1v) is 11.8. The topological polar surface area (TPSA) is 100 Å². The van der Waals surface area contributed by atoms with Crippen molar-refractivity contribution in [2.24, 2.45) is 0 Å². The second-order valence-corrected chi connectivity index (χ2v) is 9.20. The minimum Gasteiger partial charge on any atom is -0.389 e. The highest BCUT2D eigenvalue weighted by Crippen LogP contribution is 2.22. The van der Waals surface area contributed by atoms with Gasteiger partial charge in [-0.15, -0.1) is 0 Å². The normalized spacial score (nSPS) is 11.4. The summed E-state index contributed by atoms with van der Waals surface area (Å²) in [5.74, 6) is 0. The number of halogens is 4. The first-order valence-electron chi connectivity index (χ1n) is 8.81. The lowest BCUT2D eigenvalue weighted by Crippen LogP contribution is -1.96. The predicted molar refractivity (Wildman–Crippen MR) is 130 cm³/mol. The van der Waals surface area contributed by atoms with Gasteiger partial charge in [0.2, 0.25) is 0 Å². The minimum absolute atomic E-state index is 0.0666. The van der Waals surface area contributed by atoms with Crippen LogP contribution < -0.4 is 0 Å². The monoisotopic (exact) mass is 536 g/mol. The zero-order valence-electron chi connectivity index (χ0n) is 17.0. The fourth-order valence-electron chi connectivity index (χ4n) is 1.92. The molecule has 0 saturated heterocycles. The number of hydrogen-bond acceptors (Lipinski definition) is 5. The van der Waals surface area contributed by atoms with Crippen LogP contribution in [0.2, 0.25) is 20.4 Å². The Morgan fingerprint density at radius 2 is 1.47 bits per heavy atom. The molecule has 0 fully saturated rings. The summed E-state index contributed by atoms with van der Waals surface area (Å²) in [5, 5.41) is 10.5. The molecule has 2 heterocycles. The third kappa shape index (κ3) is 9.83. The van der Waals surface area contributed by atoms with Crippen molar-refractivity contribution in [2.75, 3.05) is 0 Å². The lowest BCUT2D eigenvalue weighted by molar-refractivity contribution is 0.199. The molecule has 2 aromatic heterocycles. The number of aliphatic hydroxyl groups excluding tert-OH is 1. The van der Waals surface area contributed by atoms with Gasteiger partial charge in [-0.25, -0.2) is 9.97 Å². The molecule has 2 N–H and O–H groups in total. The van der Waals surface area contributed by atoms with E-state index in [0.29, 0.717) is 20.8 Å². The quantitative estimate of drug-likeness (QED) is 0.284. The molecule has 0 aliphatic rings. The van der Waals surface area contributed by atoms with Gasteiger partial charge in [0.1, 0.15) is 10.3 Å². The van der Waals surface area contributed by atoms with Gasteiger partial charge in [-0.05, 0) is 43.7 Å². The zero-order valence-corrected chi connectivity index (χ0v) is 20.8. The highest BCUT2D eigenvalue weighted by atomic mass is 35.5. The molecule has 1 aromatic carbocycles. The van der Waals surface area contributed by atoms with Crippen molar-refractivity contribution in [2.45, 2.75) is 24.8 Å². The second-order valence-electron chi connectivity index (χ2n) is 6.25. The van der Waals surface area contributed by atoms with Crippen LogP contribution in [0.25, 0.3) is 6.08 Å². The van der Waals surface area contributed by atoms with Crippen LogP contribution >= 0.6 is 46.4 Å². The van der Waals surface area contributed by atoms with Gasteiger partial charge in [0.15, 0.2) is 0 Å². The molecule has 0 bridgehead atoms. The Morgan fingerprint density at radius 1 is 0.969 bits per heavy atom. The van der Waals surface area contributed by atoms with E-state index in [9.17, 15) is 8.42 Å². The number of rotatable bonds is 3. The van der Waals surface area contributed by atoms with Crippen LogP contribution in [-0.4, -0.2) is 28.0 Å². The number of benzene rings is 1. The van der Waals surface area contributed by atoms with Gasteiger partial charge in [-0.3, -0.25) is 4.55 Å². The van der Waals surface area contributed by atoms with Crippen molar-refractivity contribution in [1.82, 2.24) is 9.97 Å². The summed E-state index contributed by atoms with van der Waals surface area (Å²) in [6, 6.07) is 9.30. The average molecular weight is 538 g/mol. The van der Waals surface area contributed by atoms with Crippen LogP contribution in [0.3, 0.4) is 0 Å². The first-order chi connectivity index (χ1) is 14.8. The molecular weight excluding hydrogens is 518 g/mol. The zero-order chi connectivity index (χ0) is 24.5. The van der Waals surface area contributed by atoms with E-state index in [1.807, 2.05) is 6.92 Å². The van der Waals surface area contributed by atoms with Crippen molar-refractivity contribution < 1.29 is 18.1 Å². The fraction of sp³-hybridized carbons (Fsp3) is 0.143. The molecule has 11 heteroatoms. The van der Waals surface area contributed by atoms with Crippen LogP contribution in [-0.2, 0) is 10.1 Å². The van der Waals surface area contributed by atoms with Crippen LogP contribution in [0.1, 0.15) is 29.7 Å². The van der Waals surface area contributed by atoms with E-state index in [0.717, 1.165) is 11.1 Å². The third-order valence-corrected chi connectivity index (χ3v) is 5.91. The summed E-state index contributed by atoms with van der Waals surface area (Å²) in [5.41, 5.74) is 2.49. The van der Waals surface area contributed by atoms with Gasteiger partial charge in [0, 0.05) is 18.0 Å². The molecule has 0 spiro atoms. The Bertz CT molecular complexity index is 1150. The Labute approximate surface area is 207 Å². The van der Waals surface area contributed by atoms with Crippen LogP contribution in [0.5, 0.6) is 0 Å². The molecule has 1 atom stereocenters.